The first-order valence-corrected chi connectivity index (χ1v) is 9.76. The summed E-state index contributed by atoms with van der Waals surface area (Å²) in [7, 11) is 0. The average molecular weight is 343 g/mol. The Kier molecular flexibility index (Phi) is 5.14. The van der Waals surface area contributed by atoms with E-state index in [9.17, 15) is 4.79 Å². The number of thioether (sulfide) groups is 1. The van der Waals surface area contributed by atoms with Gasteiger partial charge in [0.2, 0.25) is 5.91 Å². The van der Waals surface area contributed by atoms with Crippen LogP contribution in [0.15, 0.2) is 29.3 Å². The van der Waals surface area contributed by atoms with Crippen LogP contribution in [0.5, 0.6) is 0 Å². The number of carbonyl (C=O) groups excluding carboxylic acids is 1. The van der Waals surface area contributed by atoms with Crippen LogP contribution in [0.25, 0.3) is 10.9 Å². The third kappa shape index (κ3) is 3.59. The van der Waals surface area contributed by atoms with Crippen LogP contribution >= 0.6 is 11.8 Å². The lowest BCUT2D eigenvalue weighted by Gasteiger charge is -2.39. The second-order valence-corrected chi connectivity index (χ2v) is 7.99. The molecule has 24 heavy (non-hydrogen) atoms. The van der Waals surface area contributed by atoms with Crippen molar-refractivity contribution >= 4 is 28.6 Å². The number of carbonyl (C=O) groups is 1. The van der Waals surface area contributed by atoms with Crippen molar-refractivity contribution in [1.29, 1.82) is 0 Å². The van der Waals surface area contributed by atoms with E-state index in [1.54, 1.807) is 11.8 Å². The number of nitrogens with zero attached hydrogens (tertiary/aromatic N) is 2. The maximum atomic E-state index is 12.7. The molecule has 1 aromatic carbocycles. The summed E-state index contributed by atoms with van der Waals surface area (Å²) < 4.78 is 0. The van der Waals surface area contributed by atoms with Crippen LogP contribution in [0.3, 0.4) is 0 Å². The van der Waals surface area contributed by atoms with Gasteiger partial charge in [-0.3, -0.25) is 4.79 Å². The fourth-order valence-corrected chi connectivity index (χ4v) is 4.49. The van der Waals surface area contributed by atoms with Gasteiger partial charge in [0, 0.05) is 17.5 Å². The zero-order chi connectivity index (χ0) is 17.3. The van der Waals surface area contributed by atoms with E-state index in [-0.39, 0.29) is 5.91 Å². The van der Waals surface area contributed by atoms with E-state index in [4.69, 9.17) is 4.98 Å². The molecule has 0 aliphatic carbocycles. The first kappa shape index (κ1) is 17.3. The lowest BCUT2D eigenvalue weighted by atomic mass is 9.98. The monoisotopic (exact) mass is 342 g/mol. The van der Waals surface area contributed by atoms with Gasteiger partial charge >= 0.3 is 0 Å². The van der Waals surface area contributed by atoms with Crippen LogP contribution in [0.2, 0.25) is 0 Å². The molecule has 2 atom stereocenters. The first-order valence-electron chi connectivity index (χ1n) is 8.77. The molecule has 2 heterocycles. The minimum absolute atomic E-state index is 0.241. The molecule has 0 saturated carbocycles. The summed E-state index contributed by atoms with van der Waals surface area (Å²) in [5.41, 5.74) is 3.36. The zero-order valence-electron chi connectivity index (χ0n) is 15.0. The third-order valence-electron chi connectivity index (χ3n) is 4.93. The minimum Gasteiger partial charge on any atom is -0.337 e. The molecule has 1 aliphatic heterocycles. The molecular weight excluding hydrogens is 316 g/mol. The maximum absolute atomic E-state index is 12.7. The average Bonchev–Trinajstić information content (AvgIpc) is 2.53. The van der Waals surface area contributed by atoms with Gasteiger partial charge in [0.05, 0.1) is 11.3 Å². The molecule has 2 aromatic rings. The van der Waals surface area contributed by atoms with Crippen molar-refractivity contribution in [2.75, 3.05) is 5.75 Å². The lowest BCUT2D eigenvalue weighted by Crippen LogP contribution is -2.48. The van der Waals surface area contributed by atoms with Gasteiger partial charge in [-0.2, -0.15) is 0 Å². The van der Waals surface area contributed by atoms with Crippen LogP contribution in [0, 0.1) is 13.8 Å². The number of aromatic nitrogens is 1. The highest BCUT2D eigenvalue weighted by Gasteiger charge is 2.28. The van der Waals surface area contributed by atoms with Gasteiger partial charge in [0.15, 0.2) is 0 Å². The molecule has 1 aliphatic rings. The van der Waals surface area contributed by atoms with Gasteiger partial charge in [-0.1, -0.05) is 23.9 Å². The predicted molar refractivity (Wildman–Crippen MR) is 102 cm³/mol. The highest BCUT2D eigenvalue weighted by atomic mass is 32.2. The summed E-state index contributed by atoms with van der Waals surface area (Å²) in [6.45, 7) is 8.49. The molecule has 128 valence electrons. The summed E-state index contributed by atoms with van der Waals surface area (Å²) >= 11 is 1.57. The van der Waals surface area contributed by atoms with Crippen LogP contribution in [-0.4, -0.2) is 33.6 Å². The van der Waals surface area contributed by atoms with Crippen molar-refractivity contribution < 1.29 is 4.79 Å². The third-order valence-corrected chi connectivity index (χ3v) is 6.01. The molecule has 0 unspecified atom stereocenters. The standard InChI is InChI=1S/C20H26N2OS/c1-13-8-9-17-11-14(2)20(21-18(17)10-13)24-12-19(23)22-15(3)6-5-7-16(22)4/h8-11,15-16H,5-7,12H2,1-4H3/t15-,16+. The van der Waals surface area contributed by atoms with E-state index in [1.165, 1.54) is 12.0 Å². The van der Waals surface area contributed by atoms with Gasteiger partial charge in [-0.05, 0) is 70.2 Å². The number of fused-ring (bicyclic) bond motifs is 1. The Labute approximate surface area is 148 Å². The molecule has 1 saturated heterocycles. The molecule has 0 N–H and O–H groups in total. The molecule has 0 bridgehead atoms. The normalized spacial score (nSPS) is 21.2. The van der Waals surface area contributed by atoms with Gasteiger partial charge in [0.25, 0.3) is 0 Å². The fourth-order valence-electron chi connectivity index (χ4n) is 3.63. The maximum Gasteiger partial charge on any atom is 0.233 e. The number of aryl methyl sites for hydroxylation is 2. The SMILES string of the molecule is Cc1ccc2cc(C)c(SCC(=O)N3[C@H](C)CCC[C@@H]3C)nc2c1. The Morgan fingerprint density at radius 3 is 2.62 bits per heavy atom. The predicted octanol–water partition coefficient (Wildman–Crippen LogP) is 4.73. The quantitative estimate of drug-likeness (QED) is 0.756. The Morgan fingerprint density at radius 1 is 1.21 bits per heavy atom. The summed E-state index contributed by atoms with van der Waals surface area (Å²) in [5, 5.41) is 2.13. The number of likely N-dealkylation sites (tertiary alicyclic amines) is 1. The molecule has 0 radical (unpaired) electrons. The Balaban J connectivity index is 1.75. The second-order valence-electron chi connectivity index (χ2n) is 7.03. The summed E-state index contributed by atoms with van der Waals surface area (Å²) in [6, 6.07) is 9.21. The zero-order valence-corrected chi connectivity index (χ0v) is 15.8. The number of amides is 1. The highest BCUT2D eigenvalue weighted by Crippen LogP contribution is 2.28. The molecule has 4 heteroatoms. The molecule has 3 rings (SSSR count). The summed E-state index contributed by atoms with van der Waals surface area (Å²) in [6.07, 6.45) is 3.46. The van der Waals surface area contributed by atoms with Gasteiger partial charge < -0.3 is 4.90 Å². The molecule has 1 fully saturated rings. The Hall–Kier alpha value is -1.55. The van der Waals surface area contributed by atoms with Crippen molar-refractivity contribution in [1.82, 2.24) is 9.88 Å². The van der Waals surface area contributed by atoms with Crippen molar-refractivity contribution in [2.45, 2.75) is 64.1 Å². The Bertz CT molecular complexity index is 749. The van der Waals surface area contributed by atoms with E-state index in [2.05, 4.69) is 56.9 Å². The number of benzene rings is 1. The van der Waals surface area contributed by atoms with Crippen LogP contribution in [0.4, 0.5) is 0 Å². The van der Waals surface area contributed by atoms with E-state index < -0.39 is 0 Å². The van der Waals surface area contributed by atoms with Crippen molar-refractivity contribution in [2.24, 2.45) is 0 Å². The number of pyridine rings is 1. The number of rotatable bonds is 3. The van der Waals surface area contributed by atoms with Crippen molar-refractivity contribution in [3.8, 4) is 0 Å². The van der Waals surface area contributed by atoms with Gasteiger partial charge in [0.1, 0.15) is 5.03 Å². The minimum atomic E-state index is 0.241. The molecular formula is C20H26N2OS. The van der Waals surface area contributed by atoms with Crippen molar-refractivity contribution in [3.05, 3.63) is 35.4 Å². The Morgan fingerprint density at radius 2 is 1.92 bits per heavy atom. The number of hydrogen-bond acceptors (Lipinski definition) is 3. The van der Waals surface area contributed by atoms with Crippen molar-refractivity contribution in [3.63, 3.8) is 0 Å². The molecule has 0 spiro atoms. The smallest absolute Gasteiger partial charge is 0.233 e. The van der Waals surface area contributed by atoms with E-state index >= 15 is 0 Å². The van der Waals surface area contributed by atoms with E-state index in [1.807, 2.05) is 0 Å². The summed E-state index contributed by atoms with van der Waals surface area (Å²) in [4.78, 5) is 19.6. The largest absolute Gasteiger partial charge is 0.337 e. The van der Waals surface area contributed by atoms with Gasteiger partial charge in [-0.25, -0.2) is 4.98 Å². The first-order chi connectivity index (χ1) is 11.5. The number of hydrogen-bond donors (Lipinski definition) is 0. The van der Waals surface area contributed by atoms with E-state index in [0.29, 0.717) is 17.8 Å². The topological polar surface area (TPSA) is 33.2 Å². The number of piperidine rings is 1. The lowest BCUT2D eigenvalue weighted by molar-refractivity contribution is -0.134. The fraction of sp³-hybridized carbons (Fsp3) is 0.500. The van der Waals surface area contributed by atoms with E-state index in [0.717, 1.165) is 34.3 Å². The highest BCUT2D eigenvalue weighted by molar-refractivity contribution is 7.99. The molecule has 3 nitrogen and oxygen atoms in total. The van der Waals surface area contributed by atoms with Gasteiger partial charge in [-0.15, -0.1) is 0 Å². The van der Waals surface area contributed by atoms with Crippen LogP contribution < -0.4 is 0 Å². The second kappa shape index (κ2) is 7.14. The van der Waals surface area contributed by atoms with Crippen LogP contribution in [-0.2, 0) is 4.79 Å². The molecule has 1 amide bonds. The molecule has 1 aromatic heterocycles. The van der Waals surface area contributed by atoms with Crippen LogP contribution in [0.1, 0.15) is 44.2 Å². The summed E-state index contributed by atoms with van der Waals surface area (Å²) in [5.74, 6) is 0.713.